The largest absolute Gasteiger partial charge is 0.513 e. The first-order valence-electron chi connectivity index (χ1n) is 8.86. The Bertz CT molecular complexity index is 779. The monoisotopic (exact) mass is 427 g/mol. The molecule has 0 amide bonds. The van der Waals surface area contributed by atoms with Crippen molar-refractivity contribution in [1.82, 2.24) is 0 Å². The zero-order chi connectivity index (χ0) is 22.7. The summed E-state index contributed by atoms with van der Waals surface area (Å²) in [4.78, 5) is 46.5. The number of hydrogen-bond donors (Lipinski definition) is 1. The van der Waals surface area contributed by atoms with E-state index in [0.29, 0.717) is 5.56 Å². The van der Waals surface area contributed by atoms with E-state index >= 15 is 0 Å². The summed E-state index contributed by atoms with van der Waals surface area (Å²) in [6.45, 7) is 1.55. The lowest BCUT2D eigenvalue weighted by molar-refractivity contribution is -0.151. The fourth-order valence-electron chi connectivity index (χ4n) is 2.37. The van der Waals surface area contributed by atoms with Gasteiger partial charge in [-0.1, -0.05) is 13.0 Å². The maximum absolute atomic E-state index is 12.3. The third-order valence-corrected chi connectivity index (χ3v) is 3.94. The van der Waals surface area contributed by atoms with Crippen molar-refractivity contribution in [2.45, 2.75) is 31.7 Å². The number of nitrogens with two attached hydrogens (primary N) is 1. The molecule has 0 saturated heterocycles. The number of hydrogen-bond acceptors (Lipinski definition) is 11. The molecule has 1 aromatic rings. The molecule has 11 nitrogen and oxygen atoms in total. The van der Waals surface area contributed by atoms with Crippen LogP contribution in [0, 0.1) is 0 Å². The van der Waals surface area contributed by atoms with E-state index in [9.17, 15) is 19.2 Å². The third-order valence-electron chi connectivity index (χ3n) is 3.94. The van der Waals surface area contributed by atoms with E-state index in [-0.39, 0.29) is 37.4 Å². The Hall–Kier alpha value is -3.34. The van der Waals surface area contributed by atoms with Crippen molar-refractivity contribution in [3.8, 4) is 11.5 Å². The van der Waals surface area contributed by atoms with Crippen molar-refractivity contribution < 1.29 is 47.6 Å². The van der Waals surface area contributed by atoms with Crippen molar-refractivity contribution in [2.75, 3.05) is 27.9 Å². The lowest BCUT2D eigenvalue weighted by atomic mass is 9.88. The highest BCUT2D eigenvalue weighted by molar-refractivity contribution is 5.81. The summed E-state index contributed by atoms with van der Waals surface area (Å²) in [5, 5.41) is 0. The molecule has 0 heterocycles. The van der Waals surface area contributed by atoms with Crippen LogP contribution >= 0.6 is 0 Å². The molecule has 0 aliphatic carbocycles. The van der Waals surface area contributed by atoms with Crippen LogP contribution in [-0.2, 0) is 35.0 Å². The highest BCUT2D eigenvalue weighted by Crippen LogP contribution is 2.31. The molecule has 0 bridgehead atoms. The molecular formula is C19H25NO10. The van der Waals surface area contributed by atoms with Crippen molar-refractivity contribution in [2.24, 2.45) is 5.73 Å². The molecule has 0 spiro atoms. The van der Waals surface area contributed by atoms with Gasteiger partial charge in [-0.05, 0) is 17.7 Å². The predicted molar refractivity (Wildman–Crippen MR) is 101 cm³/mol. The van der Waals surface area contributed by atoms with Gasteiger partial charge in [0.15, 0.2) is 11.5 Å². The van der Waals surface area contributed by atoms with Gasteiger partial charge in [0.25, 0.3) is 0 Å². The maximum atomic E-state index is 12.3. The summed E-state index contributed by atoms with van der Waals surface area (Å²) in [5.41, 5.74) is 5.14. The first-order chi connectivity index (χ1) is 14.2. The van der Waals surface area contributed by atoms with E-state index in [0.717, 1.165) is 14.2 Å². The second-order valence-corrected chi connectivity index (χ2v) is 6.04. The van der Waals surface area contributed by atoms with Gasteiger partial charge in [-0.2, -0.15) is 0 Å². The Morgan fingerprint density at radius 2 is 1.53 bits per heavy atom. The van der Waals surface area contributed by atoms with Crippen LogP contribution in [0.1, 0.15) is 25.3 Å². The first-order valence-corrected chi connectivity index (χ1v) is 8.86. The van der Waals surface area contributed by atoms with Crippen molar-refractivity contribution >= 4 is 24.2 Å². The summed E-state index contributed by atoms with van der Waals surface area (Å²) in [7, 11) is 3.40. The van der Waals surface area contributed by atoms with E-state index in [1.807, 2.05) is 0 Å². The van der Waals surface area contributed by atoms with E-state index < -0.39 is 29.8 Å². The van der Waals surface area contributed by atoms with Crippen molar-refractivity contribution in [3.63, 3.8) is 0 Å². The van der Waals surface area contributed by atoms with Crippen LogP contribution < -0.4 is 15.2 Å². The Kier molecular flexibility index (Phi) is 9.56. The minimum Gasteiger partial charge on any atom is -0.468 e. The average molecular weight is 427 g/mol. The number of ether oxygens (including phenoxy) is 6. The molecule has 0 saturated carbocycles. The Morgan fingerprint density at radius 3 is 2.07 bits per heavy atom. The molecule has 166 valence electrons. The molecule has 1 atom stereocenters. The molecule has 0 aromatic heterocycles. The van der Waals surface area contributed by atoms with Crippen LogP contribution in [0.3, 0.4) is 0 Å². The zero-order valence-corrected chi connectivity index (χ0v) is 17.2. The van der Waals surface area contributed by atoms with Crippen molar-refractivity contribution in [3.05, 3.63) is 23.8 Å². The standard InChI is InChI=1S/C19H25NO10/c1-5-15(21)28-9-8-19(20,16(22)25-2)11-12-6-7-13(29-17(23)26-3)14(10-12)30-18(24)27-4/h6-7,10H,5,8-9,11,20H2,1-4H3/t19-/m1/s1. The van der Waals surface area contributed by atoms with Gasteiger partial charge in [0.2, 0.25) is 0 Å². The number of benzene rings is 1. The molecule has 0 unspecified atom stereocenters. The van der Waals surface area contributed by atoms with Crippen molar-refractivity contribution in [1.29, 1.82) is 0 Å². The van der Waals surface area contributed by atoms with E-state index in [4.69, 9.17) is 24.7 Å². The number of rotatable bonds is 9. The molecule has 0 fully saturated rings. The lowest BCUT2D eigenvalue weighted by Gasteiger charge is -2.26. The second-order valence-electron chi connectivity index (χ2n) is 6.04. The topological polar surface area (TPSA) is 150 Å². The van der Waals surface area contributed by atoms with Crippen LogP contribution in [0.25, 0.3) is 0 Å². The molecule has 0 radical (unpaired) electrons. The molecule has 1 rings (SSSR count). The molecule has 11 heteroatoms. The quantitative estimate of drug-likeness (QED) is 0.349. The highest BCUT2D eigenvalue weighted by atomic mass is 16.7. The summed E-state index contributed by atoms with van der Waals surface area (Å²) < 4.78 is 28.5. The van der Waals surface area contributed by atoms with Crippen LogP contribution in [0.2, 0.25) is 0 Å². The summed E-state index contributed by atoms with van der Waals surface area (Å²) in [5.74, 6) is -1.43. The van der Waals surface area contributed by atoms with Crippen LogP contribution in [0.15, 0.2) is 18.2 Å². The lowest BCUT2D eigenvalue weighted by Crippen LogP contribution is -2.51. The number of carbonyl (C=O) groups is 4. The van der Waals surface area contributed by atoms with Gasteiger partial charge in [0.1, 0.15) is 5.54 Å². The van der Waals surface area contributed by atoms with Gasteiger partial charge >= 0.3 is 24.2 Å². The zero-order valence-electron chi connectivity index (χ0n) is 17.2. The fraction of sp³-hybridized carbons (Fsp3) is 0.474. The summed E-state index contributed by atoms with van der Waals surface area (Å²) in [6.07, 6.45) is -1.97. The summed E-state index contributed by atoms with van der Waals surface area (Å²) >= 11 is 0. The number of carbonyl (C=O) groups excluding carboxylic acids is 4. The highest BCUT2D eigenvalue weighted by Gasteiger charge is 2.36. The van der Waals surface area contributed by atoms with Gasteiger partial charge in [-0.3, -0.25) is 9.59 Å². The molecule has 30 heavy (non-hydrogen) atoms. The molecule has 0 aliphatic rings. The minimum absolute atomic E-state index is 0.0149. The first kappa shape index (κ1) is 24.7. The van der Waals surface area contributed by atoms with Crippen LogP contribution in [-0.4, -0.2) is 57.7 Å². The summed E-state index contributed by atoms with van der Waals surface area (Å²) in [6, 6.07) is 4.18. The molecule has 2 N–H and O–H groups in total. The van der Waals surface area contributed by atoms with E-state index in [1.54, 1.807) is 6.92 Å². The van der Waals surface area contributed by atoms with E-state index in [2.05, 4.69) is 9.47 Å². The second kappa shape index (κ2) is 11.6. The third kappa shape index (κ3) is 7.24. The fourth-order valence-corrected chi connectivity index (χ4v) is 2.37. The normalized spacial score (nSPS) is 12.2. The van der Waals surface area contributed by atoms with Gasteiger partial charge in [0, 0.05) is 19.3 Å². The van der Waals surface area contributed by atoms with Gasteiger partial charge in [0.05, 0.1) is 27.9 Å². The maximum Gasteiger partial charge on any atom is 0.513 e. The number of methoxy groups -OCH3 is 3. The van der Waals surface area contributed by atoms with Crippen LogP contribution in [0.5, 0.6) is 11.5 Å². The molecule has 1 aromatic carbocycles. The van der Waals surface area contributed by atoms with E-state index in [1.165, 1.54) is 25.3 Å². The molecular weight excluding hydrogens is 402 g/mol. The smallest absolute Gasteiger partial charge is 0.468 e. The van der Waals surface area contributed by atoms with Crippen LogP contribution in [0.4, 0.5) is 9.59 Å². The van der Waals surface area contributed by atoms with Gasteiger partial charge in [-0.25, -0.2) is 9.59 Å². The predicted octanol–water partition coefficient (Wildman–Crippen LogP) is 1.73. The minimum atomic E-state index is -1.53. The Balaban J connectivity index is 3.14. The van der Waals surface area contributed by atoms with Gasteiger partial charge in [-0.15, -0.1) is 0 Å². The van der Waals surface area contributed by atoms with Gasteiger partial charge < -0.3 is 34.2 Å². The Labute approximate surface area is 173 Å². The molecule has 0 aliphatic heterocycles. The Morgan fingerprint density at radius 1 is 0.933 bits per heavy atom. The SMILES string of the molecule is CCC(=O)OCC[C@@](N)(Cc1ccc(OC(=O)OC)c(OC(=O)OC)c1)C(=O)OC. The average Bonchev–Trinajstić information content (AvgIpc) is 2.74. The number of esters is 2.